The van der Waals surface area contributed by atoms with Crippen molar-refractivity contribution >= 4 is 18.5 Å². The molecule has 134 valence electrons. The first-order valence-electron chi connectivity index (χ1n) is 9.01. The number of hydrogen-bond acceptors (Lipinski definition) is 2. The lowest BCUT2D eigenvalue weighted by Gasteiger charge is -2.25. The van der Waals surface area contributed by atoms with Gasteiger partial charge in [0.1, 0.15) is 0 Å². The topological polar surface area (TPSA) is 32.3 Å². The van der Waals surface area contributed by atoms with Crippen LogP contribution in [0.3, 0.4) is 0 Å². The van der Waals surface area contributed by atoms with E-state index in [9.17, 15) is 5.11 Å². The second-order valence-electron chi connectivity index (χ2n) is 6.61. The van der Waals surface area contributed by atoms with Gasteiger partial charge in [0.2, 0.25) is 0 Å². The van der Waals surface area contributed by atoms with Gasteiger partial charge in [0.05, 0.1) is 6.10 Å². The van der Waals surface area contributed by atoms with Crippen molar-refractivity contribution in [2.45, 2.75) is 26.0 Å². The van der Waals surface area contributed by atoms with E-state index >= 15 is 0 Å². The Kier molecular flexibility index (Phi) is 6.57. The van der Waals surface area contributed by atoms with Gasteiger partial charge in [-0.3, -0.25) is 0 Å². The second-order valence-corrected chi connectivity index (χ2v) is 8.81. The first-order chi connectivity index (χ1) is 12.6. The molecule has 2 N–H and O–H groups in total. The highest BCUT2D eigenvalue weighted by atomic mass is 31.1. The van der Waals surface area contributed by atoms with Crippen molar-refractivity contribution in [1.29, 1.82) is 0 Å². The fourth-order valence-electron chi connectivity index (χ4n) is 2.95. The van der Waals surface area contributed by atoms with Crippen LogP contribution in [0.4, 0.5) is 0 Å². The maximum absolute atomic E-state index is 10.6. The summed E-state index contributed by atoms with van der Waals surface area (Å²) in [4.78, 5) is 0. The largest absolute Gasteiger partial charge is 0.387 e. The van der Waals surface area contributed by atoms with Gasteiger partial charge in [-0.15, -0.1) is 0 Å². The fraction of sp³-hybridized carbons (Fsp3) is 0.217. The molecule has 0 aliphatic heterocycles. The summed E-state index contributed by atoms with van der Waals surface area (Å²) in [6.45, 7) is 4.16. The van der Waals surface area contributed by atoms with Crippen LogP contribution < -0.4 is 15.9 Å². The van der Waals surface area contributed by atoms with Gasteiger partial charge in [-0.2, -0.15) is 0 Å². The third kappa shape index (κ3) is 4.80. The van der Waals surface area contributed by atoms with Crippen LogP contribution in [0.25, 0.3) is 0 Å². The molecule has 0 saturated heterocycles. The van der Waals surface area contributed by atoms with Gasteiger partial charge in [0.15, 0.2) is 0 Å². The zero-order chi connectivity index (χ0) is 18.4. The Bertz CT molecular complexity index is 789. The zero-order valence-corrected chi connectivity index (χ0v) is 16.2. The molecule has 3 aromatic carbocycles. The second kappa shape index (κ2) is 9.09. The van der Waals surface area contributed by atoms with Crippen molar-refractivity contribution in [3.63, 3.8) is 0 Å². The Morgan fingerprint density at radius 2 is 1.35 bits per heavy atom. The van der Waals surface area contributed by atoms with Crippen molar-refractivity contribution < 1.29 is 5.11 Å². The monoisotopic (exact) mass is 363 g/mol. The van der Waals surface area contributed by atoms with E-state index in [2.05, 4.69) is 66.8 Å². The lowest BCUT2D eigenvalue weighted by atomic mass is 10.0. The zero-order valence-electron chi connectivity index (χ0n) is 15.3. The quantitative estimate of drug-likeness (QED) is 0.620. The van der Waals surface area contributed by atoms with E-state index in [1.807, 2.05) is 37.3 Å². The molecule has 0 radical (unpaired) electrons. The molecule has 0 fully saturated rings. The Morgan fingerprint density at radius 3 is 1.96 bits per heavy atom. The highest BCUT2D eigenvalue weighted by Gasteiger charge is 2.19. The molecule has 3 aromatic rings. The molecule has 3 heteroatoms. The molecular weight excluding hydrogens is 337 g/mol. The summed E-state index contributed by atoms with van der Waals surface area (Å²) in [6.07, 6.45) is 0.329. The van der Waals surface area contributed by atoms with Crippen LogP contribution in [0.2, 0.25) is 0 Å². The van der Waals surface area contributed by atoms with Crippen LogP contribution >= 0.6 is 7.92 Å². The van der Waals surface area contributed by atoms with Crippen LogP contribution in [0.15, 0.2) is 84.9 Å². The molecule has 3 atom stereocenters. The van der Waals surface area contributed by atoms with E-state index in [-0.39, 0.29) is 6.04 Å². The maximum atomic E-state index is 10.6. The van der Waals surface area contributed by atoms with Crippen molar-refractivity contribution in [3.05, 3.63) is 96.1 Å². The predicted molar refractivity (Wildman–Crippen MR) is 113 cm³/mol. The Balaban J connectivity index is 1.75. The summed E-state index contributed by atoms with van der Waals surface area (Å²) >= 11 is 0. The van der Waals surface area contributed by atoms with Crippen LogP contribution in [0, 0.1) is 6.92 Å². The van der Waals surface area contributed by atoms with Gasteiger partial charge in [-0.1, -0.05) is 90.5 Å². The first-order valence-corrected chi connectivity index (χ1v) is 10.5. The molecule has 3 rings (SSSR count). The summed E-state index contributed by atoms with van der Waals surface area (Å²) in [6, 6.07) is 29.3. The normalized spacial score (nSPS) is 14.6. The average molecular weight is 363 g/mol. The smallest absolute Gasteiger partial charge is 0.0940 e. The first kappa shape index (κ1) is 18.8. The number of rotatable bonds is 7. The van der Waals surface area contributed by atoms with Crippen LogP contribution in [-0.2, 0) is 0 Å². The standard InChI is InChI=1S/C23H26NOP/c1-18-13-15-22(16-14-18)26(21-11-7-4-8-12-21)17-24-19(2)23(25)20-9-5-3-6-10-20/h3-16,19,23-25H,17H2,1-2H3/t19-,23?,26?/m0/s1. The van der Waals surface area contributed by atoms with Gasteiger partial charge >= 0.3 is 0 Å². The number of hydrogen-bond donors (Lipinski definition) is 2. The molecule has 26 heavy (non-hydrogen) atoms. The summed E-state index contributed by atoms with van der Waals surface area (Å²) in [7, 11) is -0.512. The average Bonchev–Trinajstić information content (AvgIpc) is 2.70. The number of aryl methyl sites for hydroxylation is 1. The van der Waals surface area contributed by atoms with Crippen molar-refractivity contribution in [1.82, 2.24) is 5.32 Å². The molecule has 0 amide bonds. The van der Waals surface area contributed by atoms with Crippen molar-refractivity contribution in [3.8, 4) is 0 Å². The van der Waals surface area contributed by atoms with Gasteiger partial charge < -0.3 is 10.4 Å². The van der Waals surface area contributed by atoms with Crippen molar-refractivity contribution in [2.24, 2.45) is 0 Å². The Hall–Kier alpha value is -1.99. The van der Waals surface area contributed by atoms with E-state index in [0.29, 0.717) is 0 Å². The predicted octanol–water partition coefficient (Wildman–Crippen LogP) is 4.10. The molecule has 0 heterocycles. The summed E-state index contributed by atoms with van der Waals surface area (Å²) < 4.78 is 0. The SMILES string of the molecule is Cc1ccc(P(CN[C@@H](C)C(O)c2ccccc2)c2ccccc2)cc1. The minimum Gasteiger partial charge on any atom is -0.387 e. The number of aliphatic hydroxyl groups excluding tert-OH is 1. The molecule has 2 unspecified atom stereocenters. The third-order valence-electron chi connectivity index (χ3n) is 4.60. The van der Waals surface area contributed by atoms with Gasteiger partial charge in [0.25, 0.3) is 0 Å². The minimum absolute atomic E-state index is 0.0171. The molecule has 0 bridgehead atoms. The number of nitrogens with one attached hydrogen (secondary N) is 1. The van der Waals surface area contributed by atoms with Crippen LogP contribution in [-0.4, -0.2) is 17.4 Å². The summed E-state index contributed by atoms with van der Waals surface area (Å²) in [5.74, 6) is 0. The molecule has 2 nitrogen and oxygen atoms in total. The highest BCUT2D eigenvalue weighted by molar-refractivity contribution is 7.72. The van der Waals surface area contributed by atoms with Crippen LogP contribution in [0.5, 0.6) is 0 Å². The van der Waals surface area contributed by atoms with Gasteiger partial charge in [-0.05, 0) is 37.9 Å². The minimum atomic E-state index is -0.512. The lowest BCUT2D eigenvalue weighted by Crippen LogP contribution is -2.34. The molecule has 0 saturated carbocycles. The van der Waals surface area contributed by atoms with E-state index < -0.39 is 14.0 Å². The molecule has 0 aliphatic rings. The summed E-state index contributed by atoms with van der Waals surface area (Å²) in [5, 5.41) is 16.9. The molecular formula is C23H26NOP. The van der Waals surface area contributed by atoms with E-state index in [1.165, 1.54) is 16.2 Å². The molecule has 0 spiro atoms. The molecule has 0 aromatic heterocycles. The van der Waals surface area contributed by atoms with E-state index in [4.69, 9.17) is 0 Å². The van der Waals surface area contributed by atoms with E-state index in [0.717, 1.165) is 11.8 Å². The Morgan fingerprint density at radius 1 is 0.808 bits per heavy atom. The fourth-order valence-corrected chi connectivity index (χ4v) is 5.12. The number of benzene rings is 3. The lowest BCUT2D eigenvalue weighted by molar-refractivity contribution is 0.139. The highest BCUT2D eigenvalue weighted by Crippen LogP contribution is 2.32. The van der Waals surface area contributed by atoms with E-state index in [1.54, 1.807) is 0 Å². The van der Waals surface area contributed by atoms with Gasteiger partial charge in [0, 0.05) is 12.3 Å². The summed E-state index contributed by atoms with van der Waals surface area (Å²) in [5.41, 5.74) is 2.23. The van der Waals surface area contributed by atoms with Crippen molar-refractivity contribution in [2.75, 3.05) is 6.29 Å². The van der Waals surface area contributed by atoms with Gasteiger partial charge in [-0.25, -0.2) is 0 Å². The Labute approximate surface area is 157 Å². The molecule has 0 aliphatic carbocycles. The maximum Gasteiger partial charge on any atom is 0.0940 e. The number of aliphatic hydroxyl groups is 1. The third-order valence-corrected chi connectivity index (χ3v) is 6.94. The van der Waals surface area contributed by atoms with Crippen LogP contribution in [0.1, 0.15) is 24.2 Å².